The van der Waals surface area contributed by atoms with Gasteiger partial charge in [0, 0.05) is 13.0 Å². The second-order valence-electron chi connectivity index (χ2n) is 7.64. The van der Waals surface area contributed by atoms with Crippen LogP contribution in [0.15, 0.2) is 0 Å². The molecule has 1 rings (SSSR count). The van der Waals surface area contributed by atoms with Gasteiger partial charge < -0.3 is 37.2 Å². The SMILES string of the molecule is CSCCC(NC(=O)C1CCCN1C(=O)C(CCC(N)=O)NC(=O)C(N)CC(=O)O)C(=O)O. The van der Waals surface area contributed by atoms with Gasteiger partial charge in [0.1, 0.15) is 18.1 Å². The Kier molecular flexibility index (Phi) is 11.6. The van der Waals surface area contributed by atoms with Crippen LogP contribution in [0.25, 0.3) is 0 Å². The van der Waals surface area contributed by atoms with Crippen molar-refractivity contribution in [3.63, 3.8) is 0 Å². The Bertz CT molecular complexity index is 764. The van der Waals surface area contributed by atoms with Gasteiger partial charge in [0.2, 0.25) is 23.6 Å². The Morgan fingerprint density at radius 2 is 1.76 bits per heavy atom. The average Bonchev–Trinajstić information content (AvgIpc) is 3.22. The van der Waals surface area contributed by atoms with Crippen LogP contribution in [-0.2, 0) is 28.8 Å². The fourth-order valence-electron chi connectivity index (χ4n) is 3.37. The summed E-state index contributed by atoms with van der Waals surface area (Å²) < 4.78 is 0. The molecule has 0 aromatic heterocycles. The molecule has 0 aromatic rings. The van der Waals surface area contributed by atoms with Gasteiger partial charge in [0.05, 0.1) is 12.5 Å². The van der Waals surface area contributed by atoms with Crippen molar-refractivity contribution >= 4 is 47.3 Å². The predicted molar refractivity (Wildman–Crippen MR) is 118 cm³/mol. The summed E-state index contributed by atoms with van der Waals surface area (Å²) >= 11 is 1.43. The lowest BCUT2D eigenvalue weighted by Gasteiger charge is -2.29. The molecule has 13 nitrogen and oxygen atoms in total. The third-order valence-corrected chi connectivity index (χ3v) is 5.73. The molecule has 33 heavy (non-hydrogen) atoms. The molecule has 1 heterocycles. The lowest BCUT2D eigenvalue weighted by atomic mass is 10.1. The Balaban J connectivity index is 2.96. The van der Waals surface area contributed by atoms with E-state index in [4.69, 9.17) is 16.6 Å². The van der Waals surface area contributed by atoms with Gasteiger partial charge in [0.25, 0.3) is 0 Å². The molecule has 4 atom stereocenters. The van der Waals surface area contributed by atoms with Gasteiger partial charge in [-0.2, -0.15) is 11.8 Å². The van der Waals surface area contributed by atoms with E-state index in [0.29, 0.717) is 18.6 Å². The van der Waals surface area contributed by atoms with E-state index in [1.807, 2.05) is 0 Å². The van der Waals surface area contributed by atoms with Crippen LogP contribution in [0.2, 0.25) is 0 Å². The van der Waals surface area contributed by atoms with Crippen LogP contribution in [0.3, 0.4) is 0 Å². The Morgan fingerprint density at radius 3 is 2.30 bits per heavy atom. The second kappa shape index (κ2) is 13.6. The highest BCUT2D eigenvalue weighted by atomic mass is 32.2. The average molecular weight is 490 g/mol. The topological polar surface area (TPSA) is 222 Å². The van der Waals surface area contributed by atoms with Crippen LogP contribution >= 0.6 is 11.8 Å². The Morgan fingerprint density at radius 1 is 1.09 bits per heavy atom. The van der Waals surface area contributed by atoms with Gasteiger partial charge in [-0.25, -0.2) is 4.79 Å². The van der Waals surface area contributed by atoms with Gasteiger partial charge in [-0.1, -0.05) is 0 Å². The van der Waals surface area contributed by atoms with Crippen LogP contribution in [0.5, 0.6) is 0 Å². The van der Waals surface area contributed by atoms with E-state index < -0.39 is 66.2 Å². The molecule has 0 aromatic carbocycles. The molecule has 1 fully saturated rings. The van der Waals surface area contributed by atoms with Crippen LogP contribution in [0.1, 0.15) is 38.5 Å². The summed E-state index contributed by atoms with van der Waals surface area (Å²) in [5, 5.41) is 22.9. The van der Waals surface area contributed by atoms with Crippen molar-refractivity contribution in [2.45, 2.75) is 62.7 Å². The molecule has 0 radical (unpaired) electrons. The molecule has 1 aliphatic heterocycles. The minimum atomic E-state index is -1.42. The van der Waals surface area contributed by atoms with Crippen molar-refractivity contribution in [1.29, 1.82) is 0 Å². The molecule has 0 saturated carbocycles. The van der Waals surface area contributed by atoms with Crippen molar-refractivity contribution in [2.24, 2.45) is 11.5 Å². The van der Waals surface area contributed by atoms with E-state index in [1.54, 1.807) is 6.26 Å². The number of amides is 4. The first kappa shape index (κ1) is 28.2. The van der Waals surface area contributed by atoms with Gasteiger partial charge in [0.15, 0.2) is 0 Å². The Labute approximate surface area is 195 Å². The molecule has 0 aliphatic carbocycles. The van der Waals surface area contributed by atoms with Crippen molar-refractivity contribution in [3.05, 3.63) is 0 Å². The predicted octanol–water partition coefficient (Wildman–Crippen LogP) is -2.15. The number of rotatable bonds is 14. The van der Waals surface area contributed by atoms with Crippen molar-refractivity contribution in [2.75, 3.05) is 18.6 Å². The summed E-state index contributed by atoms with van der Waals surface area (Å²) in [5.41, 5.74) is 10.7. The number of carboxylic acids is 2. The monoisotopic (exact) mass is 489 g/mol. The number of nitrogens with two attached hydrogens (primary N) is 2. The minimum Gasteiger partial charge on any atom is -0.481 e. The van der Waals surface area contributed by atoms with Crippen LogP contribution < -0.4 is 22.1 Å². The zero-order valence-electron chi connectivity index (χ0n) is 18.3. The number of carbonyl (C=O) groups excluding carboxylic acids is 4. The van der Waals surface area contributed by atoms with E-state index in [1.165, 1.54) is 16.7 Å². The zero-order valence-corrected chi connectivity index (χ0v) is 19.1. The first-order chi connectivity index (χ1) is 15.5. The van der Waals surface area contributed by atoms with Crippen LogP contribution in [0.4, 0.5) is 0 Å². The molecule has 1 aliphatic rings. The smallest absolute Gasteiger partial charge is 0.326 e. The van der Waals surface area contributed by atoms with E-state index in [0.717, 1.165) is 0 Å². The standard InChI is InChI=1S/C19H31N5O8S/c1-33-8-6-12(19(31)32)23-17(29)13-3-2-7-24(13)18(30)11(4-5-14(21)25)22-16(28)10(20)9-15(26)27/h10-13H,2-9,20H2,1H3,(H2,21,25)(H,22,28)(H,23,29)(H,26,27)(H,31,32). The number of nitrogens with zero attached hydrogens (tertiary/aromatic N) is 1. The highest BCUT2D eigenvalue weighted by Crippen LogP contribution is 2.20. The van der Waals surface area contributed by atoms with Crippen LogP contribution in [0, 0.1) is 0 Å². The fraction of sp³-hybridized carbons (Fsp3) is 0.684. The van der Waals surface area contributed by atoms with E-state index in [9.17, 15) is 33.9 Å². The fourth-order valence-corrected chi connectivity index (χ4v) is 3.84. The number of primary amides is 1. The highest BCUT2D eigenvalue weighted by Gasteiger charge is 2.39. The molecule has 8 N–H and O–H groups in total. The molecule has 186 valence electrons. The maximum absolute atomic E-state index is 13.1. The van der Waals surface area contributed by atoms with Gasteiger partial charge in [-0.15, -0.1) is 0 Å². The van der Waals surface area contributed by atoms with Crippen molar-refractivity contribution < 1.29 is 39.0 Å². The Hall–Kier alpha value is -2.87. The largest absolute Gasteiger partial charge is 0.481 e. The number of nitrogens with one attached hydrogen (secondary N) is 2. The first-order valence-corrected chi connectivity index (χ1v) is 11.8. The molecule has 14 heteroatoms. The molecular formula is C19H31N5O8S. The van der Waals surface area contributed by atoms with Crippen molar-refractivity contribution in [1.82, 2.24) is 15.5 Å². The van der Waals surface area contributed by atoms with Gasteiger partial charge in [-0.3, -0.25) is 24.0 Å². The summed E-state index contributed by atoms with van der Waals surface area (Å²) in [7, 11) is 0. The molecule has 4 amide bonds. The lowest BCUT2D eigenvalue weighted by Crippen LogP contribution is -2.57. The number of thioether (sulfide) groups is 1. The number of hydrogen-bond donors (Lipinski definition) is 6. The minimum absolute atomic E-state index is 0.171. The lowest BCUT2D eigenvalue weighted by molar-refractivity contribution is -0.145. The summed E-state index contributed by atoms with van der Waals surface area (Å²) in [6.07, 6.45) is 1.71. The zero-order chi connectivity index (χ0) is 25.1. The number of hydrogen-bond acceptors (Lipinski definition) is 8. The third kappa shape index (κ3) is 9.26. The molecular weight excluding hydrogens is 458 g/mol. The molecule has 4 unspecified atom stereocenters. The van der Waals surface area contributed by atoms with E-state index in [-0.39, 0.29) is 25.8 Å². The molecule has 1 saturated heterocycles. The van der Waals surface area contributed by atoms with Gasteiger partial charge in [-0.05, 0) is 37.7 Å². The first-order valence-electron chi connectivity index (χ1n) is 10.4. The number of carboxylic acid groups (broad SMARTS) is 2. The second-order valence-corrected chi connectivity index (χ2v) is 8.63. The van der Waals surface area contributed by atoms with E-state index in [2.05, 4.69) is 10.6 Å². The normalized spacial score (nSPS) is 18.1. The van der Waals surface area contributed by atoms with E-state index >= 15 is 0 Å². The quantitative estimate of drug-likeness (QED) is 0.155. The number of carbonyl (C=O) groups is 6. The maximum Gasteiger partial charge on any atom is 0.326 e. The van der Waals surface area contributed by atoms with Gasteiger partial charge >= 0.3 is 11.9 Å². The summed E-state index contributed by atoms with van der Waals surface area (Å²) in [6, 6.07) is -4.74. The number of likely N-dealkylation sites (tertiary alicyclic amines) is 1. The molecule has 0 bridgehead atoms. The maximum atomic E-state index is 13.1. The highest BCUT2D eigenvalue weighted by molar-refractivity contribution is 7.98. The third-order valence-electron chi connectivity index (χ3n) is 5.09. The molecule has 0 spiro atoms. The van der Waals surface area contributed by atoms with Crippen LogP contribution in [-0.4, -0.2) is 93.4 Å². The van der Waals surface area contributed by atoms with Crippen molar-refractivity contribution in [3.8, 4) is 0 Å². The summed E-state index contributed by atoms with van der Waals surface area (Å²) in [5.74, 6) is -4.88. The summed E-state index contributed by atoms with van der Waals surface area (Å²) in [4.78, 5) is 72.8. The summed E-state index contributed by atoms with van der Waals surface area (Å²) in [6.45, 7) is 0.184. The number of aliphatic carboxylic acids is 2.